The number of H-pyrrole nitrogens is 1. The molecule has 0 aliphatic carbocycles. The van der Waals surface area contributed by atoms with E-state index in [4.69, 9.17) is 11.6 Å². The maximum atomic E-state index is 6.21. The molecule has 17 heavy (non-hydrogen) atoms. The van der Waals surface area contributed by atoms with Crippen LogP contribution in [0.4, 0.5) is 0 Å². The minimum absolute atomic E-state index is 0.248. The van der Waals surface area contributed by atoms with E-state index in [0.29, 0.717) is 0 Å². The number of halogens is 1. The van der Waals surface area contributed by atoms with E-state index in [1.54, 1.807) is 0 Å². The Bertz CT molecular complexity index is 560. The van der Waals surface area contributed by atoms with Crippen molar-refractivity contribution >= 4 is 22.5 Å². The van der Waals surface area contributed by atoms with Gasteiger partial charge in [0.05, 0.1) is 10.5 Å². The van der Waals surface area contributed by atoms with Crippen LogP contribution >= 0.6 is 11.6 Å². The van der Waals surface area contributed by atoms with Crippen molar-refractivity contribution in [1.82, 2.24) is 9.88 Å². The zero-order chi connectivity index (χ0) is 12.0. The number of benzene rings is 1. The molecule has 0 saturated carbocycles. The highest BCUT2D eigenvalue weighted by Crippen LogP contribution is 2.38. The molecule has 90 valence electrons. The Kier molecular flexibility index (Phi) is 2.46. The summed E-state index contributed by atoms with van der Waals surface area (Å²) in [5.41, 5.74) is 2.72. The van der Waals surface area contributed by atoms with Gasteiger partial charge in [0, 0.05) is 23.5 Å². The molecule has 1 fully saturated rings. The summed E-state index contributed by atoms with van der Waals surface area (Å²) in [6.45, 7) is 4.64. The number of likely N-dealkylation sites (tertiary alicyclic amines) is 1. The number of fused-ring (bicyclic) bond motifs is 1. The minimum atomic E-state index is 0.248. The lowest BCUT2D eigenvalue weighted by Gasteiger charge is -2.23. The van der Waals surface area contributed by atoms with Crippen LogP contribution in [0.2, 0.25) is 5.02 Å². The zero-order valence-corrected chi connectivity index (χ0v) is 11.0. The highest BCUT2D eigenvalue weighted by atomic mass is 35.5. The predicted molar refractivity (Wildman–Crippen MR) is 72.8 cm³/mol. The van der Waals surface area contributed by atoms with Crippen molar-refractivity contribution in [2.45, 2.75) is 18.8 Å². The van der Waals surface area contributed by atoms with Crippen LogP contribution in [0.5, 0.6) is 0 Å². The van der Waals surface area contributed by atoms with E-state index in [9.17, 15) is 0 Å². The highest BCUT2D eigenvalue weighted by molar-refractivity contribution is 6.35. The van der Waals surface area contributed by atoms with E-state index in [1.165, 1.54) is 23.9 Å². The molecule has 0 radical (unpaired) electrons. The monoisotopic (exact) mass is 248 g/mol. The Hall–Kier alpha value is -0.990. The van der Waals surface area contributed by atoms with Crippen molar-refractivity contribution in [3.8, 4) is 0 Å². The van der Waals surface area contributed by atoms with Gasteiger partial charge < -0.3 is 9.88 Å². The topological polar surface area (TPSA) is 19.0 Å². The molecule has 3 rings (SSSR count). The molecule has 1 N–H and O–H groups in total. The second-order valence-electron chi connectivity index (χ2n) is 5.41. The fraction of sp³-hybridized carbons (Fsp3) is 0.429. The molecule has 1 unspecified atom stereocenters. The van der Waals surface area contributed by atoms with Crippen molar-refractivity contribution < 1.29 is 0 Å². The molecule has 1 aromatic heterocycles. The Labute approximate surface area is 107 Å². The van der Waals surface area contributed by atoms with Crippen LogP contribution in [0.15, 0.2) is 24.4 Å². The molecule has 1 aliphatic heterocycles. The first-order valence-corrected chi connectivity index (χ1v) is 6.43. The number of rotatable bonds is 1. The molecule has 3 heteroatoms. The number of nitrogens with zero attached hydrogens (tertiary/aromatic N) is 1. The molecule has 1 aromatic carbocycles. The van der Waals surface area contributed by atoms with E-state index in [0.717, 1.165) is 17.1 Å². The first kappa shape index (κ1) is 11.1. The van der Waals surface area contributed by atoms with Gasteiger partial charge in [0.25, 0.3) is 0 Å². The molecule has 0 amide bonds. The van der Waals surface area contributed by atoms with Gasteiger partial charge in [0.2, 0.25) is 0 Å². The molecule has 1 saturated heterocycles. The van der Waals surface area contributed by atoms with Crippen LogP contribution in [0.1, 0.15) is 18.9 Å². The standard InChI is InChI=1S/C14H17ClN2/c1-14(6-7-17(2)9-14)11-8-16-13-10(11)4-3-5-12(13)15/h3-5,8,16H,6-7,9H2,1-2H3. The van der Waals surface area contributed by atoms with E-state index >= 15 is 0 Å². The molecule has 2 nitrogen and oxygen atoms in total. The number of hydrogen-bond acceptors (Lipinski definition) is 1. The lowest BCUT2D eigenvalue weighted by molar-refractivity contribution is 0.382. The van der Waals surface area contributed by atoms with Crippen LogP contribution in [-0.2, 0) is 5.41 Å². The SMILES string of the molecule is CN1CCC(C)(c2c[nH]c3c(Cl)cccc23)C1. The zero-order valence-electron chi connectivity index (χ0n) is 10.3. The van der Waals surface area contributed by atoms with Gasteiger partial charge >= 0.3 is 0 Å². The Morgan fingerprint density at radius 3 is 2.94 bits per heavy atom. The summed E-state index contributed by atoms with van der Waals surface area (Å²) in [5, 5.41) is 2.08. The number of likely N-dealkylation sites (N-methyl/N-ethyl adjacent to an activating group) is 1. The normalized spacial score (nSPS) is 25.8. The van der Waals surface area contributed by atoms with Gasteiger partial charge in [0.1, 0.15) is 0 Å². The summed E-state index contributed by atoms with van der Waals surface area (Å²) in [5.74, 6) is 0. The van der Waals surface area contributed by atoms with Gasteiger partial charge in [-0.25, -0.2) is 0 Å². The largest absolute Gasteiger partial charge is 0.360 e. The Morgan fingerprint density at radius 1 is 1.41 bits per heavy atom. The van der Waals surface area contributed by atoms with Gasteiger partial charge in [-0.05, 0) is 31.6 Å². The van der Waals surface area contributed by atoms with Gasteiger partial charge in [-0.3, -0.25) is 0 Å². The van der Waals surface area contributed by atoms with Crippen LogP contribution < -0.4 is 0 Å². The number of aromatic amines is 1. The van der Waals surface area contributed by atoms with Crippen LogP contribution in [0, 0.1) is 0 Å². The van der Waals surface area contributed by atoms with Gasteiger partial charge in [-0.2, -0.15) is 0 Å². The van der Waals surface area contributed by atoms with E-state index in [1.807, 2.05) is 12.1 Å². The first-order valence-electron chi connectivity index (χ1n) is 6.05. The van der Waals surface area contributed by atoms with Crippen molar-refractivity contribution in [2.24, 2.45) is 0 Å². The third-order valence-corrected chi connectivity index (χ3v) is 4.29. The maximum absolute atomic E-state index is 6.21. The molecular weight excluding hydrogens is 232 g/mol. The number of nitrogens with one attached hydrogen (secondary N) is 1. The van der Waals surface area contributed by atoms with Gasteiger partial charge in [-0.15, -0.1) is 0 Å². The van der Waals surface area contributed by atoms with Crippen LogP contribution in [0.25, 0.3) is 10.9 Å². The third kappa shape index (κ3) is 1.67. The fourth-order valence-corrected chi connectivity index (χ4v) is 3.26. The quantitative estimate of drug-likeness (QED) is 0.820. The van der Waals surface area contributed by atoms with Crippen molar-refractivity contribution in [3.05, 3.63) is 35.0 Å². The smallest absolute Gasteiger partial charge is 0.0647 e. The first-order chi connectivity index (χ1) is 8.10. The third-order valence-electron chi connectivity index (χ3n) is 3.98. The van der Waals surface area contributed by atoms with Crippen LogP contribution in [-0.4, -0.2) is 30.0 Å². The average Bonchev–Trinajstić information content (AvgIpc) is 2.84. The van der Waals surface area contributed by atoms with E-state index < -0.39 is 0 Å². The molecule has 2 heterocycles. The second kappa shape index (κ2) is 3.76. The molecule has 2 aromatic rings. The summed E-state index contributed by atoms with van der Waals surface area (Å²) >= 11 is 6.21. The van der Waals surface area contributed by atoms with Gasteiger partial charge in [0.15, 0.2) is 0 Å². The van der Waals surface area contributed by atoms with E-state index in [-0.39, 0.29) is 5.41 Å². The summed E-state index contributed by atoms with van der Waals surface area (Å²) in [6, 6.07) is 6.13. The minimum Gasteiger partial charge on any atom is -0.360 e. The van der Waals surface area contributed by atoms with Crippen molar-refractivity contribution in [1.29, 1.82) is 0 Å². The van der Waals surface area contributed by atoms with Crippen molar-refractivity contribution in [3.63, 3.8) is 0 Å². The summed E-state index contributed by atoms with van der Waals surface area (Å²) in [4.78, 5) is 5.72. The van der Waals surface area contributed by atoms with Crippen LogP contribution in [0.3, 0.4) is 0 Å². The summed E-state index contributed by atoms with van der Waals surface area (Å²) in [7, 11) is 2.19. The van der Waals surface area contributed by atoms with Gasteiger partial charge in [-0.1, -0.05) is 30.7 Å². The Morgan fingerprint density at radius 2 is 2.24 bits per heavy atom. The fourth-order valence-electron chi connectivity index (χ4n) is 3.03. The predicted octanol–water partition coefficient (Wildman–Crippen LogP) is 3.41. The van der Waals surface area contributed by atoms with Crippen molar-refractivity contribution in [2.75, 3.05) is 20.1 Å². The lowest BCUT2D eigenvalue weighted by Crippen LogP contribution is -2.25. The Balaban J connectivity index is 2.15. The summed E-state index contributed by atoms with van der Waals surface area (Å²) < 4.78 is 0. The molecule has 0 bridgehead atoms. The maximum Gasteiger partial charge on any atom is 0.0647 e. The average molecular weight is 249 g/mol. The molecular formula is C14H17ClN2. The number of hydrogen-bond donors (Lipinski definition) is 1. The summed E-state index contributed by atoms with van der Waals surface area (Å²) in [6.07, 6.45) is 3.35. The molecule has 0 spiro atoms. The number of para-hydroxylation sites is 1. The van der Waals surface area contributed by atoms with E-state index in [2.05, 4.69) is 36.1 Å². The molecule has 1 aliphatic rings. The molecule has 1 atom stereocenters. The number of aromatic nitrogens is 1. The lowest BCUT2D eigenvalue weighted by atomic mass is 9.82. The second-order valence-corrected chi connectivity index (χ2v) is 5.82. The highest BCUT2D eigenvalue weighted by Gasteiger charge is 2.35.